The summed E-state index contributed by atoms with van der Waals surface area (Å²) < 4.78 is 1.68. The topological polar surface area (TPSA) is 42.2 Å². The van der Waals surface area contributed by atoms with E-state index in [9.17, 15) is 0 Å². The summed E-state index contributed by atoms with van der Waals surface area (Å²) in [5.41, 5.74) is 0.800. The molecule has 0 radical (unpaired) electrons. The van der Waals surface area contributed by atoms with E-state index in [0.29, 0.717) is 16.9 Å². The lowest BCUT2D eigenvalue weighted by molar-refractivity contribution is 0.696. The van der Waals surface area contributed by atoms with Gasteiger partial charge in [0.1, 0.15) is 0 Å². The van der Waals surface area contributed by atoms with Gasteiger partial charge < -0.3 is 5.32 Å². The number of hydrogen-bond acceptors (Lipinski definition) is 4. The second-order valence-corrected chi connectivity index (χ2v) is 5.37. The predicted octanol–water partition coefficient (Wildman–Crippen LogP) is 2.79. The molecule has 0 amide bonds. The summed E-state index contributed by atoms with van der Waals surface area (Å²) in [6, 6.07) is 3.66. The minimum absolute atomic E-state index is 0.597. The third-order valence-corrected chi connectivity index (χ3v) is 3.48. The van der Waals surface area contributed by atoms with Gasteiger partial charge in [0.15, 0.2) is 5.65 Å². The monoisotopic (exact) mass is 270 g/mol. The Morgan fingerprint density at radius 1 is 1.53 bits per heavy atom. The Bertz CT molecular complexity index is 499. The van der Waals surface area contributed by atoms with Crippen molar-refractivity contribution in [1.29, 1.82) is 0 Å². The van der Waals surface area contributed by atoms with Crippen LogP contribution in [-0.4, -0.2) is 33.2 Å². The first kappa shape index (κ1) is 12.5. The molecule has 17 heavy (non-hydrogen) atoms. The Morgan fingerprint density at radius 3 is 3.12 bits per heavy atom. The number of nitrogens with zero attached hydrogens (tertiary/aromatic N) is 3. The third-order valence-electron chi connectivity index (χ3n) is 2.35. The summed E-state index contributed by atoms with van der Waals surface area (Å²) in [6.45, 7) is 3.08. The molecule has 1 unspecified atom stereocenters. The fourth-order valence-electron chi connectivity index (χ4n) is 1.54. The molecule has 2 aromatic rings. The van der Waals surface area contributed by atoms with Crippen LogP contribution < -0.4 is 5.32 Å². The molecule has 0 aliphatic heterocycles. The zero-order valence-corrected chi connectivity index (χ0v) is 11.4. The van der Waals surface area contributed by atoms with Crippen LogP contribution in [0, 0.1) is 5.92 Å². The van der Waals surface area contributed by atoms with Crippen molar-refractivity contribution in [2.45, 2.75) is 6.92 Å². The molecule has 0 bridgehead atoms. The lowest BCUT2D eigenvalue weighted by Crippen LogP contribution is -2.14. The van der Waals surface area contributed by atoms with Gasteiger partial charge in [-0.15, -0.1) is 5.10 Å². The molecule has 0 aromatic carbocycles. The van der Waals surface area contributed by atoms with Crippen LogP contribution in [0.25, 0.3) is 5.65 Å². The van der Waals surface area contributed by atoms with Crippen molar-refractivity contribution >= 4 is 35.0 Å². The van der Waals surface area contributed by atoms with Crippen LogP contribution in [0.4, 0.5) is 5.95 Å². The van der Waals surface area contributed by atoms with Gasteiger partial charge >= 0.3 is 0 Å². The zero-order chi connectivity index (χ0) is 12.3. The van der Waals surface area contributed by atoms with E-state index in [1.807, 2.05) is 23.9 Å². The number of aromatic nitrogens is 3. The van der Waals surface area contributed by atoms with Crippen LogP contribution in [0.3, 0.4) is 0 Å². The SMILES string of the molecule is CSCC(C)CNc1nc2ccc(Cl)cn2n1. The highest BCUT2D eigenvalue weighted by molar-refractivity contribution is 7.98. The Hall–Kier alpha value is -0.940. The van der Waals surface area contributed by atoms with Crippen molar-refractivity contribution in [1.82, 2.24) is 14.6 Å². The highest BCUT2D eigenvalue weighted by atomic mass is 35.5. The number of pyridine rings is 1. The van der Waals surface area contributed by atoms with E-state index in [2.05, 4.69) is 28.6 Å². The summed E-state index contributed by atoms with van der Waals surface area (Å²) in [6.07, 6.45) is 3.86. The van der Waals surface area contributed by atoms with Crippen LogP contribution in [0.1, 0.15) is 6.92 Å². The van der Waals surface area contributed by atoms with E-state index in [-0.39, 0.29) is 0 Å². The first-order valence-corrected chi connectivity index (χ1v) is 7.21. The maximum atomic E-state index is 5.88. The molecule has 2 rings (SSSR count). The number of anilines is 1. The second kappa shape index (κ2) is 5.60. The highest BCUT2D eigenvalue weighted by Crippen LogP contribution is 2.12. The summed E-state index contributed by atoms with van der Waals surface area (Å²) in [5, 5.41) is 8.20. The van der Waals surface area contributed by atoms with Gasteiger partial charge in [-0.1, -0.05) is 18.5 Å². The predicted molar refractivity (Wildman–Crippen MR) is 74.0 cm³/mol. The first-order chi connectivity index (χ1) is 8.19. The normalized spacial score (nSPS) is 12.9. The molecule has 0 spiro atoms. The molecule has 4 nitrogen and oxygen atoms in total. The third kappa shape index (κ3) is 3.26. The summed E-state index contributed by atoms with van der Waals surface area (Å²) in [7, 11) is 0. The molecule has 1 N–H and O–H groups in total. The van der Waals surface area contributed by atoms with Gasteiger partial charge in [0.05, 0.1) is 5.02 Å². The first-order valence-electron chi connectivity index (χ1n) is 5.44. The molecule has 0 fully saturated rings. The number of rotatable bonds is 5. The van der Waals surface area contributed by atoms with E-state index in [0.717, 1.165) is 17.9 Å². The number of nitrogens with one attached hydrogen (secondary N) is 1. The van der Waals surface area contributed by atoms with Crippen molar-refractivity contribution in [3.05, 3.63) is 23.4 Å². The van der Waals surface area contributed by atoms with Crippen LogP contribution in [0.2, 0.25) is 5.02 Å². The molecule has 2 aromatic heterocycles. The maximum Gasteiger partial charge on any atom is 0.243 e. The standard InChI is InChI=1S/C11H15ClN4S/c1-8(7-17-2)5-13-11-14-10-4-3-9(12)6-16(10)15-11/h3-4,6,8H,5,7H2,1-2H3,(H,13,15). The van der Waals surface area contributed by atoms with Gasteiger partial charge in [0, 0.05) is 12.7 Å². The Balaban J connectivity index is 2.04. The minimum atomic E-state index is 0.597. The number of thioether (sulfide) groups is 1. The van der Waals surface area contributed by atoms with Crippen molar-refractivity contribution in [2.75, 3.05) is 23.9 Å². The fraction of sp³-hybridized carbons (Fsp3) is 0.455. The Kier molecular flexibility index (Phi) is 4.12. The minimum Gasteiger partial charge on any atom is -0.353 e. The van der Waals surface area contributed by atoms with Crippen LogP contribution in [0.5, 0.6) is 0 Å². The molecule has 0 saturated carbocycles. The quantitative estimate of drug-likeness (QED) is 0.907. The molecule has 0 aliphatic carbocycles. The summed E-state index contributed by atoms with van der Waals surface area (Å²) >= 11 is 7.73. The van der Waals surface area contributed by atoms with Gasteiger partial charge in [-0.05, 0) is 30.1 Å². The van der Waals surface area contributed by atoms with Crippen molar-refractivity contribution in [3.63, 3.8) is 0 Å². The molecule has 92 valence electrons. The van der Waals surface area contributed by atoms with E-state index in [1.54, 1.807) is 10.7 Å². The van der Waals surface area contributed by atoms with E-state index < -0.39 is 0 Å². The lowest BCUT2D eigenvalue weighted by atomic mass is 10.2. The number of fused-ring (bicyclic) bond motifs is 1. The average Bonchev–Trinajstić information content (AvgIpc) is 2.68. The molecule has 6 heteroatoms. The fourth-order valence-corrected chi connectivity index (χ4v) is 2.38. The van der Waals surface area contributed by atoms with Crippen LogP contribution in [-0.2, 0) is 0 Å². The summed E-state index contributed by atoms with van der Waals surface area (Å²) in [4.78, 5) is 4.36. The molecule has 1 atom stereocenters. The molecule has 2 heterocycles. The zero-order valence-electron chi connectivity index (χ0n) is 9.85. The second-order valence-electron chi connectivity index (χ2n) is 4.03. The van der Waals surface area contributed by atoms with Gasteiger partial charge in [0.2, 0.25) is 5.95 Å². The van der Waals surface area contributed by atoms with Gasteiger partial charge in [-0.3, -0.25) is 0 Å². The van der Waals surface area contributed by atoms with Crippen molar-refractivity contribution in [2.24, 2.45) is 5.92 Å². The Morgan fingerprint density at radius 2 is 2.35 bits per heavy atom. The van der Waals surface area contributed by atoms with Crippen molar-refractivity contribution < 1.29 is 0 Å². The molecular weight excluding hydrogens is 256 g/mol. The van der Waals surface area contributed by atoms with E-state index in [1.165, 1.54) is 0 Å². The van der Waals surface area contributed by atoms with Gasteiger partial charge in [0.25, 0.3) is 0 Å². The highest BCUT2D eigenvalue weighted by Gasteiger charge is 2.05. The smallest absolute Gasteiger partial charge is 0.243 e. The van der Waals surface area contributed by atoms with Crippen LogP contribution in [0.15, 0.2) is 18.3 Å². The molecule has 0 aliphatic rings. The summed E-state index contributed by atoms with van der Waals surface area (Å²) in [5.74, 6) is 2.38. The maximum absolute atomic E-state index is 5.88. The molecule has 0 saturated heterocycles. The number of halogens is 1. The van der Waals surface area contributed by atoms with Gasteiger partial charge in [-0.25, -0.2) is 4.52 Å². The lowest BCUT2D eigenvalue weighted by Gasteiger charge is -2.08. The molecular formula is C11H15ClN4S. The van der Waals surface area contributed by atoms with Crippen LogP contribution >= 0.6 is 23.4 Å². The number of hydrogen-bond donors (Lipinski definition) is 1. The largest absolute Gasteiger partial charge is 0.353 e. The Labute approximate surface area is 110 Å². The average molecular weight is 271 g/mol. The van der Waals surface area contributed by atoms with E-state index in [4.69, 9.17) is 11.6 Å². The van der Waals surface area contributed by atoms with Gasteiger partial charge in [-0.2, -0.15) is 16.7 Å². The van der Waals surface area contributed by atoms with E-state index >= 15 is 0 Å². The van der Waals surface area contributed by atoms with Crippen molar-refractivity contribution in [3.8, 4) is 0 Å².